The number of carboxylic acids is 1. The highest BCUT2D eigenvalue weighted by molar-refractivity contribution is 7.91. The number of methoxy groups -OCH3 is 1. The highest BCUT2D eigenvalue weighted by Gasteiger charge is 2.24. The highest BCUT2D eigenvalue weighted by Crippen LogP contribution is 2.13. The smallest absolute Gasteiger partial charge is 0.337 e. The number of benzene rings is 2. The van der Waals surface area contributed by atoms with Gasteiger partial charge in [0, 0.05) is 5.56 Å². The molecule has 0 radical (unpaired) electrons. The van der Waals surface area contributed by atoms with Crippen molar-refractivity contribution in [3.8, 4) is 0 Å². The van der Waals surface area contributed by atoms with Gasteiger partial charge in [0.25, 0.3) is 5.91 Å². The van der Waals surface area contributed by atoms with E-state index in [9.17, 15) is 27.9 Å². The van der Waals surface area contributed by atoms with E-state index in [1.54, 1.807) is 18.2 Å². The SMILES string of the molecule is COC(=O)c1cccc(C(=O)N[C@@H](CCS(=O)(=O)c2ccccc2)C(=O)O)c1. The summed E-state index contributed by atoms with van der Waals surface area (Å²) < 4.78 is 29.2. The molecule has 0 unspecified atom stereocenters. The van der Waals surface area contributed by atoms with Gasteiger partial charge in [0.15, 0.2) is 9.84 Å². The Labute approximate surface area is 162 Å². The van der Waals surface area contributed by atoms with E-state index in [-0.39, 0.29) is 22.4 Å². The van der Waals surface area contributed by atoms with Gasteiger partial charge in [-0.3, -0.25) is 4.79 Å². The standard InChI is InChI=1S/C19H19NO7S/c1-27-19(24)14-7-5-6-13(12-14)17(21)20-16(18(22)23)10-11-28(25,26)15-8-3-2-4-9-15/h2-9,12,16H,10-11H2,1H3,(H,20,21)(H,22,23)/t16-/m0/s1. The van der Waals surface area contributed by atoms with Gasteiger partial charge in [-0.2, -0.15) is 0 Å². The number of sulfone groups is 1. The number of rotatable bonds is 8. The van der Waals surface area contributed by atoms with E-state index in [0.717, 1.165) is 0 Å². The molecule has 0 heterocycles. The summed E-state index contributed by atoms with van der Waals surface area (Å²) in [5.74, 6) is -3.19. The Kier molecular flexibility index (Phi) is 6.89. The van der Waals surface area contributed by atoms with Crippen LogP contribution in [0.1, 0.15) is 27.1 Å². The number of amides is 1. The fourth-order valence-electron chi connectivity index (χ4n) is 2.42. The molecule has 1 amide bonds. The Morgan fingerprint density at radius 2 is 1.68 bits per heavy atom. The second kappa shape index (κ2) is 9.14. The third kappa shape index (κ3) is 5.40. The number of nitrogens with one attached hydrogen (secondary N) is 1. The van der Waals surface area contributed by atoms with Gasteiger partial charge in [-0.1, -0.05) is 24.3 Å². The van der Waals surface area contributed by atoms with Gasteiger partial charge in [-0.25, -0.2) is 18.0 Å². The molecule has 9 heteroatoms. The van der Waals surface area contributed by atoms with E-state index in [1.807, 2.05) is 0 Å². The lowest BCUT2D eigenvalue weighted by Gasteiger charge is -2.15. The molecule has 0 spiro atoms. The van der Waals surface area contributed by atoms with Crippen molar-refractivity contribution in [2.75, 3.05) is 12.9 Å². The molecule has 0 bridgehead atoms. The molecule has 0 aliphatic rings. The molecule has 0 saturated heterocycles. The van der Waals surface area contributed by atoms with Crippen molar-refractivity contribution in [1.29, 1.82) is 0 Å². The predicted octanol–water partition coefficient (Wildman–Crippen LogP) is 1.52. The minimum Gasteiger partial charge on any atom is -0.480 e. The van der Waals surface area contributed by atoms with Crippen molar-refractivity contribution in [2.45, 2.75) is 17.4 Å². The van der Waals surface area contributed by atoms with Gasteiger partial charge in [-0.15, -0.1) is 0 Å². The van der Waals surface area contributed by atoms with E-state index in [2.05, 4.69) is 10.1 Å². The van der Waals surface area contributed by atoms with Gasteiger partial charge < -0.3 is 15.2 Å². The van der Waals surface area contributed by atoms with Crippen LogP contribution in [0.2, 0.25) is 0 Å². The summed E-state index contributed by atoms with van der Waals surface area (Å²) in [6.07, 6.45) is -0.311. The first kappa shape index (κ1) is 21.1. The van der Waals surface area contributed by atoms with Crippen LogP contribution in [0.4, 0.5) is 0 Å². The van der Waals surface area contributed by atoms with E-state index in [1.165, 1.54) is 43.5 Å². The lowest BCUT2D eigenvalue weighted by molar-refractivity contribution is -0.139. The second-order valence-electron chi connectivity index (χ2n) is 5.86. The molecular formula is C19H19NO7S. The maximum absolute atomic E-state index is 12.3. The lowest BCUT2D eigenvalue weighted by Crippen LogP contribution is -2.42. The summed E-state index contributed by atoms with van der Waals surface area (Å²) in [6.45, 7) is 0. The van der Waals surface area contributed by atoms with Gasteiger partial charge >= 0.3 is 11.9 Å². The number of hydrogen-bond donors (Lipinski definition) is 2. The molecule has 2 rings (SSSR count). The molecule has 8 nitrogen and oxygen atoms in total. The third-order valence-electron chi connectivity index (χ3n) is 3.93. The monoisotopic (exact) mass is 405 g/mol. The number of hydrogen-bond acceptors (Lipinski definition) is 6. The maximum Gasteiger partial charge on any atom is 0.337 e. The first-order valence-corrected chi connectivity index (χ1v) is 9.89. The summed E-state index contributed by atoms with van der Waals surface area (Å²) in [7, 11) is -2.49. The molecule has 28 heavy (non-hydrogen) atoms. The molecular weight excluding hydrogens is 386 g/mol. The summed E-state index contributed by atoms with van der Waals surface area (Å²) in [5.41, 5.74) is 0.189. The molecule has 0 fully saturated rings. The minimum atomic E-state index is -3.69. The average molecular weight is 405 g/mol. The van der Waals surface area contributed by atoms with Gasteiger partial charge in [-0.05, 0) is 36.8 Å². The third-order valence-corrected chi connectivity index (χ3v) is 5.69. The average Bonchev–Trinajstić information content (AvgIpc) is 2.70. The van der Waals surface area contributed by atoms with Crippen molar-refractivity contribution < 1.29 is 32.6 Å². The highest BCUT2D eigenvalue weighted by atomic mass is 32.2. The second-order valence-corrected chi connectivity index (χ2v) is 7.97. The lowest BCUT2D eigenvalue weighted by atomic mass is 10.1. The van der Waals surface area contributed by atoms with Gasteiger partial charge in [0.2, 0.25) is 0 Å². The van der Waals surface area contributed by atoms with Gasteiger partial charge in [0.1, 0.15) is 6.04 Å². The van der Waals surface area contributed by atoms with Crippen LogP contribution in [-0.4, -0.2) is 50.3 Å². The van der Waals surface area contributed by atoms with E-state index in [4.69, 9.17) is 0 Å². The Hall–Kier alpha value is -3.20. The van der Waals surface area contributed by atoms with Crippen LogP contribution in [-0.2, 0) is 19.4 Å². The van der Waals surface area contributed by atoms with Crippen molar-refractivity contribution in [1.82, 2.24) is 5.32 Å². The Morgan fingerprint density at radius 3 is 2.29 bits per heavy atom. The zero-order chi connectivity index (χ0) is 20.7. The van der Waals surface area contributed by atoms with Crippen molar-refractivity contribution in [3.63, 3.8) is 0 Å². The van der Waals surface area contributed by atoms with Crippen LogP contribution >= 0.6 is 0 Å². The normalized spacial score (nSPS) is 12.0. The number of carbonyl (C=O) groups excluding carboxylic acids is 2. The van der Waals surface area contributed by atoms with Crippen LogP contribution in [0.5, 0.6) is 0 Å². The Bertz CT molecular complexity index is 971. The number of aliphatic carboxylic acids is 1. The summed E-state index contributed by atoms with van der Waals surface area (Å²) >= 11 is 0. The maximum atomic E-state index is 12.3. The van der Waals surface area contributed by atoms with Crippen LogP contribution in [0.15, 0.2) is 59.5 Å². The summed E-state index contributed by atoms with van der Waals surface area (Å²) in [5, 5.41) is 11.6. The van der Waals surface area contributed by atoms with Crippen molar-refractivity contribution in [2.24, 2.45) is 0 Å². The van der Waals surface area contributed by atoms with E-state index >= 15 is 0 Å². The fourth-order valence-corrected chi connectivity index (χ4v) is 3.78. The molecule has 2 aromatic carbocycles. The van der Waals surface area contributed by atoms with Crippen molar-refractivity contribution >= 4 is 27.7 Å². The van der Waals surface area contributed by atoms with E-state index in [0.29, 0.717) is 0 Å². The first-order chi connectivity index (χ1) is 13.2. The van der Waals surface area contributed by atoms with Gasteiger partial charge in [0.05, 0.1) is 23.3 Å². The summed E-state index contributed by atoms with van der Waals surface area (Å²) in [6, 6.07) is 11.8. The molecule has 0 saturated carbocycles. The molecule has 0 aromatic heterocycles. The number of esters is 1. The largest absolute Gasteiger partial charge is 0.480 e. The fraction of sp³-hybridized carbons (Fsp3) is 0.211. The minimum absolute atomic E-state index is 0.0556. The Morgan fingerprint density at radius 1 is 1.04 bits per heavy atom. The predicted molar refractivity (Wildman–Crippen MR) is 99.8 cm³/mol. The summed E-state index contributed by atoms with van der Waals surface area (Å²) in [4.78, 5) is 35.4. The van der Waals surface area contributed by atoms with Crippen LogP contribution in [0.25, 0.3) is 0 Å². The molecule has 0 aliphatic carbocycles. The number of carboxylic acid groups (broad SMARTS) is 1. The zero-order valence-corrected chi connectivity index (χ0v) is 15.8. The zero-order valence-electron chi connectivity index (χ0n) is 15.0. The molecule has 2 aromatic rings. The first-order valence-electron chi connectivity index (χ1n) is 8.24. The molecule has 0 aliphatic heterocycles. The molecule has 1 atom stereocenters. The molecule has 148 valence electrons. The number of carbonyl (C=O) groups is 3. The van der Waals surface area contributed by atoms with Crippen LogP contribution in [0, 0.1) is 0 Å². The van der Waals surface area contributed by atoms with Crippen molar-refractivity contribution in [3.05, 3.63) is 65.7 Å². The number of ether oxygens (including phenoxy) is 1. The topological polar surface area (TPSA) is 127 Å². The van der Waals surface area contributed by atoms with E-state index < -0.39 is 39.5 Å². The van der Waals surface area contributed by atoms with Crippen LogP contribution in [0.3, 0.4) is 0 Å². The Balaban J connectivity index is 2.10. The quantitative estimate of drug-likeness (QED) is 0.638. The molecule has 2 N–H and O–H groups in total. The van der Waals surface area contributed by atoms with Crippen LogP contribution < -0.4 is 5.32 Å².